The average molecular weight is 353 g/mol. The van der Waals surface area contributed by atoms with E-state index in [0.717, 1.165) is 32.7 Å². The van der Waals surface area contributed by atoms with Gasteiger partial charge in [0, 0.05) is 24.5 Å². The van der Waals surface area contributed by atoms with Gasteiger partial charge in [0.25, 0.3) is 0 Å². The number of thiophene rings is 1. The summed E-state index contributed by atoms with van der Waals surface area (Å²) in [5, 5.41) is 5.37. The zero-order chi connectivity index (χ0) is 17.2. The summed E-state index contributed by atoms with van der Waals surface area (Å²) in [7, 11) is 0. The molecule has 1 aliphatic heterocycles. The molecule has 2 atom stereocenters. The van der Waals surface area contributed by atoms with Gasteiger partial charge in [-0.3, -0.25) is 9.89 Å². The Morgan fingerprint density at radius 3 is 3.08 bits per heavy atom. The quantitative estimate of drug-likeness (QED) is 0.407. The second kappa shape index (κ2) is 10.7. The lowest BCUT2D eigenvalue weighted by molar-refractivity contribution is -0.0327. The minimum atomic E-state index is 0.277. The summed E-state index contributed by atoms with van der Waals surface area (Å²) in [5.74, 6) is 0.564. The smallest absolute Gasteiger partial charge is 0.188 e. The molecule has 5 nitrogen and oxygen atoms in total. The van der Waals surface area contributed by atoms with Gasteiger partial charge in [0.1, 0.15) is 0 Å². The van der Waals surface area contributed by atoms with Crippen molar-refractivity contribution in [3.05, 3.63) is 22.4 Å². The summed E-state index contributed by atoms with van der Waals surface area (Å²) < 4.78 is 5.68. The third-order valence-electron chi connectivity index (χ3n) is 4.36. The van der Waals surface area contributed by atoms with Crippen molar-refractivity contribution in [2.24, 2.45) is 10.7 Å². The third-order valence-corrected chi connectivity index (χ3v) is 5.33. The molecule has 3 N–H and O–H groups in total. The highest BCUT2D eigenvalue weighted by molar-refractivity contribution is 7.10. The third kappa shape index (κ3) is 6.42. The Morgan fingerprint density at radius 2 is 2.38 bits per heavy atom. The number of unbranched alkanes of at least 4 members (excludes halogenated alkanes) is 3. The molecule has 2 unspecified atom stereocenters. The van der Waals surface area contributed by atoms with E-state index in [0.29, 0.717) is 12.5 Å². The number of nitrogens with zero attached hydrogens (tertiary/aromatic N) is 2. The first-order valence-electron chi connectivity index (χ1n) is 9.13. The molecule has 6 heteroatoms. The van der Waals surface area contributed by atoms with E-state index < -0.39 is 0 Å². The second-order valence-corrected chi connectivity index (χ2v) is 7.40. The summed E-state index contributed by atoms with van der Waals surface area (Å²) in [6.45, 7) is 8.65. The van der Waals surface area contributed by atoms with Crippen LogP contribution in [0, 0.1) is 0 Å². The molecule has 1 aromatic heterocycles. The lowest BCUT2D eigenvalue weighted by atomic mass is 10.1. The van der Waals surface area contributed by atoms with Crippen LogP contribution in [0.15, 0.2) is 22.5 Å². The second-order valence-electron chi connectivity index (χ2n) is 6.42. The van der Waals surface area contributed by atoms with Gasteiger partial charge in [0.05, 0.1) is 25.3 Å². The number of rotatable bonds is 9. The maximum absolute atomic E-state index is 6.05. The van der Waals surface area contributed by atoms with Crippen molar-refractivity contribution >= 4 is 17.3 Å². The fourth-order valence-electron chi connectivity index (χ4n) is 3.00. The Bertz CT molecular complexity index is 477. The topological polar surface area (TPSA) is 62.9 Å². The van der Waals surface area contributed by atoms with E-state index in [-0.39, 0.29) is 12.1 Å². The van der Waals surface area contributed by atoms with Crippen molar-refractivity contribution in [2.45, 2.75) is 51.7 Å². The SMILES string of the molecule is CCCCCCNC(N)=NCC(c1cccs1)N1CCOC(C)C1. The van der Waals surface area contributed by atoms with Gasteiger partial charge in [-0.1, -0.05) is 32.3 Å². The zero-order valence-corrected chi connectivity index (χ0v) is 15.9. The summed E-state index contributed by atoms with van der Waals surface area (Å²) in [6.07, 6.45) is 5.22. The van der Waals surface area contributed by atoms with E-state index in [2.05, 4.69) is 46.6 Å². The van der Waals surface area contributed by atoms with Crippen LogP contribution in [0.25, 0.3) is 0 Å². The monoisotopic (exact) mass is 352 g/mol. The first kappa shape index (κ1) is 19.2. The molecule has 24 heavy (non-hydrogen) atoms. The minimum absolute atomic E-state index is 0.277. The Morgan fingerprint density at radius 1 is 1.50 bits per heavy atom. The molecule has 0 bridgehead atoms. The predicted molar refractivity (Wildman–Crippen MR) is 103 cm³/mol. The van der Waals surface area contributed by atoms with E-state index in [1.54, 1.807) is 11.3 Å². The van der Waals surface area contributed by atoms with Crippen LogP contribution in [-0.2, 0) is 4.74 Å². The summed E-state index contributed by atoms with van der Waals surface area (Å²) >= 11 is 1.79. The van der Waals surface area contributed by atoms with Gasteiger partial charge >= 0.3 is 0 Å². The van der Waals surface area contributed by atoms with Crippen molar-refractivity contribution < 1.29 is 4.74 Å². The molecule has 0 spiro atoms. The number of ether oxygens (including phenoxy) is 1. The standard InChI is InChI=1S/C18H32N4OS/c1-3-4-5-6-9-20-18(19)21-13-16(17-8-7-12-24-17)22-10-11-23-15(2)14-22/h7-8,12,15-16H,3-6,9-11,13-14H2,1-2H3,(H3,19,20,21). The molecule has 136 valence electrons. The average Bonchev–Trinajstić information content (AvgIpc) is 3.09. The molecule has 0 aliphatic carbocycles. The van der Waals surface area contributed by atoms with Gasteiger partial charge in [-0.15, -0.1) is 11.3 Å². The Balaban J connectivity index is 1.87. The fourth-order valence-corrected chi connectivity index (χ4v) is 3.86. The molecule has 0 amide bonds. The van der Waals surface area contributed by atoms with Crippen molar-refractivity contribution in [2.75, 3.05) is 32.8 Å². The van der Waals surface area contributed by atoms with E-state index in [4.69, 9.17) is 10.5 Å². The fraction of sp³-hybridized carbons (Fsp3) is 0.722. The number of hydrogen-bond donors (Lipinski definition) is 2. The zero-order valence-electron chi connectivity index (χ0n) is 15.0. The van der Waals surface area contributed by atoms with E-state index in [1.807, 2.05) is 0 Å². The molecule has 2 rings (SSSR count). The summed E-state index contributed by atoms with van der Waals surface area (Å²) in [5.41, 5.74) is 6.05. The van der Waals surface area contributed by atoms with Crippen LogP contribution in [0.1, 0.15) is 50.4 Å². The van der Waals surface area contributed by atoms with E-state index in [9.17, 15) is 0 Å². The van der Waals surface area contributed by atoms with Crippen LogP contribution in [0.4, 0.5) is 0 Å². The summed E-state index contributed by atoms with van der Waals surface area (Å²) in [6, 6.07) is 4.59. The minimum Gasteiger partial charge on any atom is -0.376 e. The molecular formula is C18H32N4OS. The van der Waals surface area contributed by atoms with Crippen LogP contribution >= 0.6 is 11.3 Å². The van der Waals surface area contributed by atoms with Crippen LogP contribution in [0.3, 0.4) is 0 Å². The Kier molecular flexibility index (Phi) is 8.56. The Labute approximate surface area is 150 Å². The summed E-state index contributed by atoms with van der Waals surface area (Å²) in [4.78, 5) is 8.43. The van der Waals surface area contributed by atoms with Crippen LogP contribution in [0.2, 0.25) is 0 Å². The molecule has 1 aliphatic rings. The Hall–Kier alpha value is -1.11. The molecule has 1 aromatic rings. The normalized spacial score (nSPS) is 20.9. The molecule has 0 aromatic carbocycles. The molecule has 1 saturated heterocycles. The van der Waals surface area contributed by atoms with Crippen molar-refractivity contribution in [3.63, 3.8) is 0 Å². The lowest BCUT2D eigenvalue weighted by Crippen LogP contribution is -2.44. The highest BCUT2D eigenvalue weighted by Crippen LogP contribution is 2.27. The van der Waals surface area contributed by atoms with Gasteiger partial charge in [-0.2, -0.15) is 0 Å². The number of guanidine groups is 1. The van der Waals surface area contributed by atoms with Crippen molar-refractivity contribution in [1.82, 2.24) is 10.2 Å². The molecule has 0 saturated carbocycles. The first-order valence-corrected chi connectivity index (χ1v) is 10.0. The van der Waals surface area contributed by atoms with Crippen LogP contribution in [-0.4, -0.2) is 49.7 Å². The first-order chi connectivity index (χ1) is 11.7. The van der Waals surface area contributed by atoms with Gasteiger partial charge in [-0.05, 0) is 24.8 Å². The largest absolute Gasteiger partial charge is 0.376 e. The van der Waals surface area contributed by atoms with Gasteiger partial charge in [-0.25, -0.2) is 0 Å². The number of aliphatic imine (C=N–C) groups is 1. The number of hydrogen-bond acceptors (Lipinski definition) is 4. The van der Waals surface area contributed by atoms with Gasteiger partial charge in [0.15, 0.2) is 5.96 Å². The molecular weight excluding hydrogens is 320 g/mol. The van der Waals surface area contributed by atoms with Crippen molar-refractivity contribution in [3.8, 4) is 0 Å². The highest BCUT2D eigenvalue weighted by Gasteiger charge is 2.26. The molecule has 1 fully saturated rings. The van der Waals surface area contributed by atoms with Gasteiger partial charge < -0.3 is 15.8 Å². The number of nitrogens with one attached hydrogen (secondary N) is 1. The maximum Gasteiger partial charge on any atom is 0.188 e. The van der Waals surface area contributed by atoms with Crippen molar-refractivity contribution in [1.29, 1.82) is 0 Å². The van der Waals surface area contributed by atoms with Gasteiger partial charge in [0.2, 0.25) is 0 Å². The van der Waals surface area contributed by atoms with E-state index in [1.165, 1.54) is 24.1 Å². The van der Waals surface area contributed by atoms with Crippen LogP contribution < -0.4 is 11.1 Å². The predicted octanol–water partition coefficient (Wildman–Crippen LogP) is 2.99. The number of morpholine rings is 1. The number of nitrogens with two attached hydrogens (primary N) is 1. The van der Waals surface area contributed by atoms with E-state index >= 15 is 0 Å². The highest BCUT2D eigenvalue weighted by atomic mass is 32.1. The molecule has 2 heterocycles. The van der Waals surface area contributed by atoms with Crippen LogP contribution in [0.5, 0.6) is 0 Å². The lowest BCUT2D eigenvalue weighted by Gasteiger charge is -2.36. The maximum atomic E-state index is 6.05. The molecule has 0 radical (unpaired) electrons.